The highest BCUT2D eigenvalue weighted by molar-refractivity contribution is 7.86. The predicted octanol–water partition coefficient (Wildman–Crippen LogP) is 7.55. The first-order chi connectivity index (χ1) is 24.6. The number of nitrogens with two attached hydrogens (primary N) is 2. The van der Waals surface area contributed by atoms with E-state index in [9.17, 15) is 41.3 Å². The van der Waals surface area contributed by atoms with Crippen molar-refractivity contribution in [2.24, 2.45) is 25.4 Å². The Labute approximate surface area is 294 Å². The molecule has 0 fully saturated rings. The molecule has 17 nitrogen and oxygen atoms in total. The van der Waals surface area contributed by atoms with Crippen molar-refractivity contribution in [3.63, 3.8) is 0 Å². The summed E-state index contributed by atoms with van der Waals surface area (Å²) in [7, 11) is -9.71. The van der Waals surface area contributed by atoms with E-state index < -0.39 is 58.9 Å². The van der Waals surface area contributed by atoms with Gasteiger partial charge in [0.1, 0.15) is 21.2 Å². The van der Waals surface area contributed by atoms with Gasteiger partial charge in [-0.05, 0) is 60.7 Å². The lowest BCUT2D eigenvalue weighted by molar-refractivity contribution is 0.472. The summed E-state index contributed by atoms with van der Waals surface area (Å²) in [5.41, 5.74) is 11.8. The van der Waals surface area contributed by atoms with Gasteiger partial charge in [-0.25, -0.2) is 0 Å². The van der Waals surface area contributed by atoms with Crippen LogP contribution in [0.4, 0.5) is 45.5 Å². The summed E-state index contributed by atoms with van der Waals surface area (Å²) in [6.07, 6.45) is 0. The largest absolute Gasteiger partial charge is 0.505 e. The number of phenols is 2. The lowest BCUT2D eigenvalue weighted by Gasteiger charge is -2.10. The lowest BCUT2D eigenvalue weighted by atomic mass is 10.1. The average molecular weight is 743 g/mol. The first kappa shape index (κ1) is 35.2. The summed E-state index contributed by atoms with van der Waals surface area (Å²) in [6.45, 7) is 0. The smallest absolute Gasteiger partial charge is 0.296 e. The molecule has 0 aliphatic heterocycles. The van der Waals surface area contributed by atoms with Crippen LogP contribution in [0.2, 0.25) is 0 Å². The van der Waals surface area contributed by atoms with E-state index in [0.29, 0.717) is 0 Å². The monoisotopic (exact) mass is 742 g/mol. The van der Waals surface area contributed by atoms with Crippen molar-refractivity contribution in [3.8, 4) is 11.5 Å². The number of nitrogens with one attached hydrogen (secondary N) is 1. The van der Waals surface area contributed by atoms with Gasteiger partial charge in [-0.2, -0.15) is 32.1 Å². The molecule has 6 rings (SSSR count). The summed E-state index contributed by atoms with van der Waals surface area (Å²) in [5, 5.41) is 51.3. The molecule has 6 aromatic rings. The third-order valence-electron chi connectivity index (χ3n) is 7.51. The number of fused-ring (bicyclic) bond motifs is 2. The molecule has 0 saturated heterocycles. The van der Waals surface area contributed by atoms with Crippen LogP contribution in [0.1, 0.15) is 0 Å². The van der Waals surface area contributed by atoms with E-state index in [1.807, 2.05) is 0 Å². The van der Waals surface area contributed by atoms with E-state index in [1.165, 1.54) is 66.7 Å². The fourth-order valence-corrected chi connectivity index (χ4v) is 6.44. The quantitative estimate of drug-likeness (QED) is 0.0246. The average Bonchev–Trinajstić information content (AvgIpc) is 3.07. The second-order valence-electron chi connectivity index (χ2n) is 11.0. The second-order valence-corrected chi connectivity index (χ2v) is 13.8. The Balaban J connectivity index is 1.25. The normalized spacial score (nSPS) is 12.7. The molecule has 0 saturated carbocycles. The van der Waals surface area contributed by atoms with Crippen molar-refractivity contribution < 1.29 is 41.3 Å². The van der Waals surface area contributed by atoms with Gasteiger partial charge in [-0.15, -0.1) is 10.2 Å². The molecule has 0 heterocycles. The van der Waals surface area contributed by atoms with Crippen LogP contribution in [0.25, 0.3) is 21.5 Å². The minimum Gasteiger partial charge on any atom is -0.505 e. The molecule has 19 heteroatoms. The number of nitrogen functional groups attached to an aromatic ring is 2. The summed E-state index contributed by atoms with van der Waals surface area (Å²) in [5.74, 6) is -1.14. The first-order valence-electron chi connectivity index (χ1n) is 14.7. The molecular formula is C33H26N8O9S2. The number of anilines is 3. The molecular weight excluding hydrogens is 717 g/mol. The maximum atomic E-state index is 12.1. The van der Waals surface area contributed by atoms with Crippen LogP contribution in [0, 0.1) is 0 Å². The number of aliphatic hydroxyl groups is 1. The number of benzene rings is 6. The standard InChI is InChI=1S/C33H26N8O9S2/c34-25-11-3-9-21-23(25)15-27(51(45,46)47)29(31(21)42)40-38-19-7-1-5-17(13-19)36-33(44)37-18-6-2-8-20(14-18)39-41-30-28(52(48,49)50)16-24-22(32(30)43)10-4-12-26(24)35/h1-16,42-43H,34-35H2,(H2,36,37,44)(H,45,46,47)(H,48,49,50). The first-order valence-corrected chi connectivity index (χ1v) is 17.6. The van der Waals surface area contributed by atoms with Crippen molar-refractivity contribution in [3.05, 3.63) is 97.1 Å². The molecule has 0 aliphatic carbocycles. The maximum Gasteiger partial charge on any atom is 0.296 e. The van der Waals surface area contributed by atoms with E-state index in [0.717, 1.165) is 12.1 Å². The number of aliphatic hydroxyl groups excluding tert-OH is 1. The van der Waals surface area contributed by atoms with Gasteiger partial charge in [-0.1, -0.05) is 36.4 Å². The third-order valence-corrected chi connectivity index (χ3v) is 9.24. The zero-order chi connectivity index (χ0) is 37.4. The van der Waals surface area contributed by atoms with Gasteiger partial charge >= 0.3 is 0 Å². The van der Waals surface area contributed by atoms with Crippen LogP contribution in [0.15, 0.2) is 132 Å². The molecule has 0 bridgehead atoms. The Bertz CT molecular complexity index is 2740. The second kappa shape index (κ2) is 13.6. The van der Waals surface area contributed by atoms with Gasteiger partial charge in [0, 0.05) is 38.6 Å². The van der Waals surface area contributed by atoms with E-state index in [-0.39, 0.29) is 55.7 Å². The van der Waals surface area contributed by atoms with Crippen LogP contribution in [0.3, 0.4) is 0 Å². The number of amidine groups is 1. The van der Waals surface area contributed by atoms with Crippen molar-refractivity contribution in [2.75, 3.05) is 16.8 Å². The minimum atomic E-state index is -4.86. The molecule has 0 aliphatic rings. The van der Waals surface area contributed by atoms with Crippen LogP contribution in [-0.4, -0.2) is 47.3 Å². The van der Waals surface area contributed by atoms with Crippen molar-refractivity contribution >= 4 is 93.3 Å². The highest BCUT2D eigenvalue weighted by Crippen LogP contribution is 2.44. The van der Waals surface area contributed by atoms with Crippen LogP contribution in [0.5, 0.6) is 11.5 Å². The van der Waals surface area contributed by atoms with Crippen LogP contribution < -0.4 is 16.8 Å². The summed E-state index contributed by atoms with van der Waals surface area (Å²) in [6, 6.07) is 22.5. The molecule has 0 unspecified atom stereocenters. The van der Waals surface area contributed by atoms with Gasteiger partial charge < -0.3 is 32.1 Å². The fraction of sp³-hybridized carbons (Fsp3) is 0. The van der Waals surface area contributed by atoms with E-state index in [1.54, 1.807) is 18.2 Å². The molecule has 0 amide bonds. The van der Waals surface area contributed by atoms with Crippen molar-refractivity contribution in [1.82, 2.24) is 0 Å². The van der Waals surface area contributed by atoms with E-state index in [4.69, 9.17) is 11.5 Å². The third kappa shape index (κ3) is 7.27. The van der Waals surface area contributed by atoms with Crippen molar-refractivity contribution in [2.45, 2.75) is 9.79 Å². The highest BCUT2D eigenvalue weighted by Gasteiger charge is 2.24. The zero-order valence-electron chi connectivity index (χ0n) is 26.3. The lowest BCUT2D eigenvalue weighted by Crippen LogP contribution is -2.09. The molecule has 10 N–H and O–H groups in total. The highest BCUT2D eigenvalue weighted by atomic mass is 32.2. The van der Waals surface area contributed by atoms with Gasteiger partial charge in [0.15, 0.2) is 11.5 Å². The van der Waals surface area contributed by atoms with Crippen LogP contribution in [-0.2, 0) is 20.2 Å². The number of azo groups is 2. The topological polar surface area (TPSA) is 295 Å². The number of nitrogens with zero attached hydrogens (tertiary/aromatic N) is 5. The zero-order valence-corrected chi connectivity index (χ0v) is 27.9. The molecule has 0 radical (unpaired) electrons. The Hall–Kier alpha value is -6.67. The van der Waals surface area contributed by atoms with Gasteiger partial charge in [0.25, 0.3) is 26.3 Å². The molecule has 0 spiro atoms. The Morgan fingerprint density at radius 1 is 0.558 bits per heavy atom. The fourth-order valence-electron chi connectivity index (χ4n) is 5.14. The summed E-state index contributed by atoms with van der Waals surface area (Å²) >= 11 is 0. The van der Waals surface area contributed by atoms with E-state index >= 15 is 0 Å². The van der Waals surface area contributed by atoms with Crippen molar-refractivity contribution in [1.29, 1.82) is 0 Å². The number of hydrogen-bond acceptors (Lipinski definition) is 13. The number of phenolic OH excluding ortho intramolecular Hbond substituents is 2. The number of aromatic hydroxyl groups is 2. The maximum absolute atomic E-state index is 12.1. The van der Waals surface area contributed by atoms with Gasteiger partial charge in [0.2, 0.25) is 0 Å². The minimum absolute atomic E-state index is 0.133. The predicted molar refractivity (Wildman–Crippen MR) is 194 cm³/mol. The molecule has 264 valence electrons. The summed E-state index contributed by atoms with van der Waals surface area (Å²) in [4.78, 5) is 2.65. The molecule has 0 atom stereocenters. The SMILES string of the molecule is Nc1cccc2c(O)c(N=Nc3cccc(N=C(O)Nc4cccc(N=Nc5c(S(=O)(=O)O)cc6c(N)cccc6c5O)c4)c3)c(S(=O)(=O)O)cc12. The van der Waals surface area contributed by atoms with Crippen LogP contribution >= 0.6 is 0 Å². The Kier molecular flexibility index (Phi) is 9.17. The summed E-state index contributed by atoms with van der Waals surface area (Å²) < 4.78 is 68.1. The van der Waals surface area contributed by atoms with E-state index in [2.05, 4.69) is 30.8 Å². The Morgan fingerprint density at radius 3 is 1.50 bits per heavy atom. The molecule has 0 aromatic heterocycles. The van der Waals surface area contributed by atoms with Gasteiger partial charge in [0.05, 0.1) is 17.1 Å². The Morgan fingerprint density at radius 2 is 1.00 bits per heavy atom. The number of aliphatic imine (C=N–C) groups is 1. The number of rotatable bonds is 8. The number of hydrogen-bond donors (Lipinski definition) is 8. The molecule has 6 aromatic carbocycles. The van der Waals surface area contributed by atoms with Gasteiger partial charge in [-0.3, -0.25) is 9.11 Å². The molecule has 52 heavy (non-hydrogen) atoms.